The first-order valence-corrected chi connectivity index (χ1v) is 7.40. The van der Waals surface area contributed by atoms with Crippen molar-refractivity contribution in [1.29, 1.82) is 0 Å². The third-order valence-corrected chi connectivity index (χ3v) is 3.59. The highest BCUT2D eigenvalue weighted by Crippen LogP contribution is 2.31. The number of hydrogen-bond acceptors (Lipinski definition) is 4. The van der Waals surface area contributed by atoms with Gasteiger partial charge in [0.05, 0.1) is 19.1 Å². The molecule has 1 saturated carbocycles. The topological polar surface area (TPSA) is 78.8 Å². The molecule has 0 radical (unpaired) electrons. The van der Waals surface area contributed by atoms with Gasteiger partial charge in [0.15, 0.2) is 0 Å². The molecule has 21 heavy (non-hydrogen) atoms. The van der Waals surface area contributed by atoms with Gasteiger partial charge in [-0.05, 0) is 38.8 Å². The molecule has 0 saturated heterocycles. The fourth-order valence-electron chi connectivity index (χ4n) is 2.41. The zero-order chi connectivity index (χ0) is 15.4. The minimum Gasteiger partial charge on any atom is -0.493 e. The summed E-state index contributed by atoms with van der Waals surface area (Å²) in [5, 5.41) is 22.9. The Hall–Kier alpha value is -1.59. The van der Waals surface area contributed by atoms with Crippen LogP contribution in [0.3, 0.4) is 0 Å². The number of aliphatic carboxylic acids is 1. The molecule has 116 valence electrons. The molecule has 3 N–H and O–H groups in total. The van der Waals surface area contributed by atoms with Crippen LogP contribution in [-0.4, -0.2) is 34.9 Å². The van der Waals surface area contributed by atoms with E-state index in [0.717, 1.165) is 18.4 Å². The van der Waals surface area contributed by atoms with Crippen LogP contribution in [0.1, 0.15) is 43.4 Å². The van der Waals surface area contributed by atoms with Gasteiger partial charge < -0.3 is 20.3 Å². The number of nitrogens with one attached hydrogen (secondary N) is 1. The smallest absolute Gasteiger partial charge is 0.305 e. The van der Waals surface area contributed by atoms with Crippen molar-refractivity contribution in [3.8, 4) is 5.75 Å². The van der Waals surface area contributed by atoms with E-state index in [-0.39, 0.29) is 6.42 Å². The molecule has 2 unspecified atom stereocenters. The van der Waals surface area contributed by atoms with Gasteiger partial charge in [-0.2, -0.15) is 0 Å². The van der Waals surface area contributed by atoms with Crippen molar-refractivity contribution in [3.63, 3.8) is 0 Å². The lowest BCUT2D eigenvalue weighted by molar-refractivity contribution is -0.138. The molecule has 5 nitrogen and oxygen atoms in total. The summed E-state index contributed by atoms with van der Waals surface area (Å²) in [6.45, 7) is 4.32. The lowest BCUT2D eigenvalue weighted by Gasteiger charge is -2.25. The minimum atomic E-state index is -0.919. The Morgan fingerprint density at radius 1 is 1.48 bits per heavy atom. The molecule has 5 heteroatoms. The van der Waals surface area contributed by atoms with Gasteiger partial charge in [0.1, 0.15) is 5.75 Å². The summed E-state index contributed by atoms with van der Waals surface area (Å²) in [6, 6.07) is 5.42. The average molecular weight is 293 g/mol. The fraction of sp³-hybridized carbons (Fsp3) is 0.562. The second-order valence-corrected chi connectivity index (χ2v) is 5.56. The maximum absolute atomic E-state index is 11.0. The molecule has 1 aromatic rings. The quantitative estimate of drug-likeness (QED) is 0.683. The van der Waals surface area contributed by atoms with E-state index in [9.17, 15) is 9.90 Å². The van der Waals surface area contributed by atoms with E-state index in [1.54, 1.807) is 0 Å². The highest BCUT2D eigenvalue weighted by atomic mass is 16.5. The van der Waals surface area contributed by atoms with Gasteiger partial charge in [-0.1, -0.05) is 11.6 Å². The van der Waals surface area contributed by atoms with Crippen molar-refractivity contribution in [2.24, 2.45) is 0 Å². The highest BCUT2D eigenvalue weighted by Gasteiger charge is 2.31. The Bertz CT molecular complexity index is 499. The monoisotopic (exact) mass is 293 g/mol. The number of benzene rings is 1. The van der Waals surface area contributed by atoms with E-state index in [1.165, 1.54) is 0 Å². The van der Waals surface area contributed by atoms with Crippen molar-refractivity contribution < 1.29 is 19.7 Å². The molecular weight excluding hydrogens is 270 g/mol. The molecule has 1 aromatic carbocycles. The molecule has 1 aliphatic carbocycles. The maximum atomic E-state index is 11.0. The maximum Gasteiger partial charge on any atom is 0.305 e. The van der Waals surface area contributed by atoms with Gasteiger partial charge in [0.2, 0.25) is 0 Å². The number of rotatable bonds is 8. The highest BCUT2D eigenvalue weighted by molar-refractivity contribution is 5.67. The van der Waals surface area contributed by atoms with Crippen LogP contribution in [0.2, 0.25) is 0 Å². The lowest BCUT2D eigenvalue weighted by Crippen LogP contribution is -2.38. The summed E-state index contributed by atoms with van der Waals surface area (Å²) in [4.78, 5) is 11.0. The van der Waals surface area contributed by atoms with Crippen LogP contribution in [0.4, 0.5) is 0 Å². The van der Waals surface area contributed by atoms with Gasteiger partial charge in [-0.15, -0.1) is 0 Å². The lowest BCUT2D eigenvalue weighted by atomic mass is 9.97. The van der Waals surface area contributed by atoms with Crippen LogP contribution in [0.25, 0.3) is 0 Å². The molecule has 0 amide bonds. The predicted molar refractivity (Wildman–Crippen MR) is 79.5 cm³/mol. The number of carboxylic acid groups (broad SMARTS) is 1. The molecule has 2 rings (SSSR count). The first-order chi connectivity index (χ1) is 10.0. The second-order valence-electron chi connectivity index (χ2n) is 5.56. The zero-order valence-electron chi connectivity index (χ0n) is 12.5. The molecule has 0 heterocycles. The Morgan fingerprint density at radius 2 is 2.19 bits per heavy atom. The molecule has 2 atom stereocenters. The third-order valence-electron chi connectivity index (χ3n) is 3.59. The number of carboxylic acids is 1. The SMILES string of the molecule is CCOc1ccc(C)cc1C(O)C(CC(=O)O)NC1CC1. The van der Waals surface area contributed by atoms with E-state index < -0.39 is 18.1 Å². The van der Waals surface area contributed by atoms with Crippen molar-refractivity contribution in [3.05, 3.63) is 29.3 Å². The average Bonchev–Trinajstić information content (AvgIpc) is 3.23. The Labute approximate surface area is 124 Å². The number of hydrogen-bond donors (Lipinski definition) is 3. The fourth-order valence-corrected chi connectivity index (χ4v) is 2.41. The number of carbonyl (C=O) groups is 1. The van der Waals surface area contributed by atoms with Crippen molar-refractivity contribution in [1.82, 2.24) is 5.32 Å². The summed E-state index contributed by atoms with van der Waals surface area (Å²) >= 11 is 0. The van der Waals surface area contributed by atoms with Gasteiger partial charge in [-0.25, -0.2) is 0 Å². The van der Waals surface area contributed by atoms with Crippen molar-refractivity contribution in [2.75, 3.05) is 6.61 Å². The van der Waals surface area contributed by atoms with Crippen molar-refractivity contribution in [2.45, 2.75) is 51.3 Å². The molecule has 0 spiro atoms. The Balaban J connectivity index is 2.22. The van der Waals surface area contributed by atoms with Crippen LogP contribution in [0, 0.1) is 6.92 Å². The third kappa shape index (κ3) is 4.44. The van der Waals surface area contributed by atoms with Crippen LogP contribution in [0.5, 0.6) is 5.75 Å². The molecule has 1 fully saturated rings. The Morgan fingerprint density at radius 3 is 2.76 bits per heavy atom. The minimum absolute atomic E-state index is 0.114. The van der Waals surface area contributed by atoms with E-state index in [4.69, 9.17) is 9.84 Å². The molecule has 0 aliphatic heterocycles. The summed E-state index contributed by atoms with van der Waals surface area (Å²) in [6.07, 6.45) is 1.06. The van der Waals surface area contributed by atoms with Crippen LogP contribution in [-0.2, 0) is 4.79 Å². The Kier molecular flexibility index (Phi) is 5.20. The van der Waals surface area contributed by atoms with Crippen molar-refractivity contribution >= 4 is 5.97 Å². The standard InChI is InChI=1S/C16H23NO4/c1-3-21-14-7-4-10(2)8-12(14)16(20)13(9-15(18)19)17-11-5-6-11/h4,7-8,11,13,16-17,20H,3,5-6,9H2,1-2H3,(H,18,19). The summed E-state index contributed by atoms with van der Waals surface area (Å²) < 4.78 is 5.55. The largest absolute Gasteiger partial charge is 0.493 e. The van der Waals surface area contributed by atoms with Gasteiger partial charge >= 0.3 is 5.97 Å². The number of ether oxygens (including phenoxy) is 1. The van der Waals surface area contributed by atoms with E-state index >= 15 is 0 Å². The van der Waals surface area contributed by atoms with Gasteiger partial charge in [0, 0.05) is 17.6 Å². The van der Waals surface area contributed by atoms with Gasteiger partial charge in [-0.3, -0.25) is 4.79 Å². The summed E-state index contributed by atoms with van der Waals surface area (Å²) in [5.74, 6) is -0.304. The predicted octanol–water partition coefficient (Wildman–Crippen LogP) is 2.02. The number of aryl methyl sites for hydroxylation is 1. The molecule has 0 aromatic heterocycles. The molecule has 0 bridgehead atoms. The number of aliphatic hydroxyl groups is 1. The van der Waals surface area contributed by atoms with Gasteiger partial charge in [0.25, 0.3) is 0 Å². The van der Waals surface area contributed by atoms with Crippen LogP contribution < -0.4 is 10.1 Å². The first-order valence-electron chi connectivity index (χ1n) is 7.40. The summed E-state index contributed by atoms with van der Waals surface area (Å²) in [5.41, 5.74) is 1.66. The number of aliphatic hydroxyl groups excluding tert-OH is 1. The van der Waals surface area contributed by atoms with Crippen LogP contribution in [0.15, 0.2) is 18.2 Å². The molecular formula is C16H23NO4. The summed E-state index contributed by atoms with van der Waals surface area (Å²) in [7, 11) is 0. The van der Waals surface area contributed by atoms with E-state index in [2.05, 4.69) is 5.32 Å². The van der Waals surface area contributed by atoms with E-state index in [0.29, 0.717) is 24.0 Å². The van der Waals surface area contributed by atoms with E-state index in [1.807, 2.05) is 32.0 Å². The molecule has 1 aliphatic rings. The second kappa shape index (κ2) is 6.91. The zero-order valence-corrected chi connectivity index (χ0v) is 12.5. The first kappa shape index (κ1) is 15.8. The normalized spacial score (nSPS) is 17.3. The van der Waals surface area contributed by atoms with Crippen LogP contribution >= 0.6 is 0 Å².